The summed E-state index contributed by atoms with van der Waals surface area (Å²) in [7, 11) is 1.60. The van der Waals surface area contributed by atoms with Crippen LogP contribution in [-0.4, -0.2) is 25.0 Å². The van der Waals surface area contributed by atoms with E-state index in [1.807, 2.05) is 69.3 Å². The average Bonchev–Trinajstić information content (AvgIpc) is 2.87. The number of carbonyl (C=O) groups is 2. The number of methoxy groups -OCH3 is 1. The van der Waals surface area contributed by atoms with E-state index in [2.05, 4.69) is 5.32 Å². The molecule has 0 radical (unpaired) electrons. The smallest absolute Gasteiger partial charge is 0.337 e. The Hall–Kier alpha value is -3.54. The van der Waals surface area contributed by atoms with Gasteiger partial charge in [-0.3, -0.25) is 4.79 Å². The summed E-state index contributed by atoms with van der Waals surface area (Å²) in [6.45, 7) is 6.09. The zero-order valence-corrected chi connectivity index (χ0v) is 20.9. The second kappa shape index (κ2) is 10.8. The molecule has 0 saturated heterocycles. The number of carbonyl (C=O) groups excluding carboxylic acids is 2. The molecule has 184 valence electrons. The molecular weight excluding hydrogens is 442 g/mol. The number of esters is 1. The van der Waals surface area contributed by atoms with Crippen LogP contribution >= 0.6 is 0 Å². The molecule has 1 heterocycles. The molecule has 2 atom stereocenters. The van der Waals surface area contributed by atoms with Gasteiger partial charge in [0, 0.05) is 29.3 Å². The molecule has 0 saturated carbocycles. The highest BCUT2D eigenvalue weighted by Crippen LogP contribution is 2.44. The first-order valence-corrected chi connectivity index (χ1v) is 12.2. The summed E-state index contributed by atoms with van der Waals surface area (Å²) in [5.74, 6) is 0.285. The van der Waals surface area contributed by atoms with E-state index in [0.29, 0.717) is 42.1 Å². The lowest BCUT2D eigenvalue weighted by Gasteiger charge is -2.34. The van der Waals surface area contributed by atoms with Crippen LogP contribution in [0.5, 0.6) is 11.5 Å². The highest BCUT2D eigenvalue weighted by Gasteiger charge is 2.39. The second-order valence-corrected chi connectivity index (χ2v) is 9.07. The van der Waals surface area contributed by atoms with E-state index in [1.165, 1.54) is 0 Å². The summed E-state index contributed by atoms with van der Waals surface area (Å²) < 4.78 is 17.4. The third-order valence-electron chi connectivity index (χ3n) is 6.64. The van der Waals surface area contributed by atoms with E-state index >= 15 is 0 Å². The fourth-order valence-corrected chi connectivity index (χ4v) is 4.64. The van der Waals surface area contributed by atoms with E-state index < -0.39 is 11.9 Å². The Balaban J connectivity index is 1.76. The molecule has 0 fully saturated rings. The van der Waals surface area contributed by atoms with Gasteiger partial charge in [-0.05, 0) is 56.4 Å². The lowest BCUT2D eigenvalue weighted by molar-refractivity contribution is -0.144. The number of dihydropyridines is 1. The fourth-order valence-electron chi connectivity index (χ4n) is 4.64. The minimum absolute atomic E-state index is 0.0626. The van der Waals surface area contributed by atoms with Crippen molar-refractivity contribution in [3.05, 3.63) is 82.2 Å². The maximum absolute atomic E-state index is 13.4. The minimum Gasteiger partial charge on any atom is -0.493 e. The van der Waals surface area contributed by atoms with Gasteiger partial charge in [0.1, 0.15) is 6.61 Å². The Kier molecular flexibility index (Phi) is 7.59. The van der Waals surface area contributed by atoms with Crippen molar-refractivity contribution in [1.82, 2.24) is 5.32 Å². The van der Waals surface area contributed by atoms with Crippen LogP contribution in [0.25, 0.3) is 0 Å². The van der Waals surface area contributed by atoms with Crippen molar-refractivity contribution in [2.24, 2.45) is 0 Å². The lowest BCUT2D eigenvalue weighted by atomic mass is 9.75. The van der Waals surface area contributed by atoms with Gasteiger partial charge in [-0.2, -0.15) is 0 Å². The molecule has 0 bridgehead atoms. The van der Waals surface area contributed by atoms with Gasteiger partial charge in [0.2, 0.25) is 0 Å². The topological polar surface area (TPSA) is 73.9 Å². The standard InChI is InChI=1S/C29H33NO5/c1-5-18(2)35-29(32)26-19(3)30-22-12-9-13-23(31)28(22)27(26)21-14-15-24(33-4)25(16-21)34-17-20-10-7-6-8-11-20/h6-8,10-11,14-16,18,27,30H,5,9,12-13,17H2,1-4H3/t18-,27-/m0/s1. The number of nitrogens with one attached hydrogen (secondary N) is 1. The molecule has 4 rings (SSSR count). The molecule has 0 unspecified atom stereocenters. The molecule has 1 aliphatic carbocycles. The van der Waals surface area contributed by atoms with Gasteiger partial charge in [0.25, 0.3) is 0 Å². The number of Topliss-reactive ketones (excluding diaryl/α,β-unsaturated/α-hetero) is 1. The van der Waals surface area contributed by atoms with Gasteiger partial charge in [-0.25, -0.2) is 4.79 Å². The van der Waals surface area contributed by atoms with E-state index in [9.17, 15) is 9.59 Å². The van der Waals surface area contributed by atoms with Crippen molar-refractivity contribution in [3.63, 3.8) is 0 Å². The normalized spacial score (nSPS) is 18.5. The number of allylic oxidation sites excluding steroid dienone is 3. The first kappa shape index (κ1) is 24.6. The van der Waals surface area contributed by atoms with Gasteiger partial charge < -0.3 is 19.5 Å². The van der Waals surface area contributed by atoms with Gasteiger partial charge >= 0.3 is 5.97 Å². The van der Waals surface area contributed by atoms with E-state index in [0.717, 1.165) is 35.4 Å². The second-order valence-electron chi connectivity index (χ2n) is 9.07. The molecule has 2 aromatic carbocycles. The highest BCUT2D eigenvalue weighted by molar-refractivity contribution is 6.03. The molecule has 0 amide bonds. The van der Waals surface area contributed by atoms with Gasteiger partial charge in [0.15, 0.2) is 17.3 Å². The molecule has 6 heteroatoms. The summed E-state index contributed by atoms with van der Waals surface area (Å²) in [5, 5.41) is 3.34. The molecule has 1 N–H and O–H groups in total. The van der Waals surface area contributed by atoms with Crippen molar-refractivity contribution in [2.45, 2.75) is 65.1 Å². The fraction of sp³-hybridized carbons (Fsp3) is 0.379. The highest BCUT2D eigenvalue weighted by atomic mass is 16.5. The predicted molar refractivity (Wildman–Crippen MR) is 134 cm³/mol. The maximum Gasteiger partial charge on any atom is 0.337 e. The molecule has 6 nitrogen and oxygen atoms in total. The third-order valence-corrected chi connectivity index (χ3v) is 6.64. The van der Waals surface area contributed by atoms with Crippen LogP contribution in [0.1, 0.15) is 63.5 Å². The SMILES string of the molecule is CC[C@H](C)OC(=O)C1=C(C)NC2=C(C(=O)CCC2)[C@H]1c1ccc(OC)c(OCc2ccccc2)c1. The van der Waals surface area contributed by atoms with Gasteiger partial charge in [0.05, 0.1) is 18.8 Å². The first-order valence-electron chi connectivity index (χ1n) is 12.2. The van der Waals surface area contributed by atoms with Crippen LogP contribution in [0.3, 0.4) is 0 Å². The maximum atomic E-state index is 13.4. The van der Waals surface area contributed by atoms with Gasteiger partial charge in [-0.1, -0.05) is 43.3 Å². The minimum atomic E-state index is -0.527. The van der Waals surface area contributed by atoms with Crippen molar-refractivity contribution in [1.29, 1.82) is 0 Å². The zero-order valence-electron chi connectivity index (χ0n) is 20.9. The zero-order chi connectivity index (χ0) is 24.9. The van der Waals surface area contributed by atoms with Crippen molar-refractivity contribution in [2.75, 3.05) is 7.11 Å². The Morgan fingerprint density at radius 2 is 1.89 bits per heavy atom. The van der Waals surface area contributed by atoms with Crippen molar-refractivity contribution < 1.29 is 23.8 Å². The van der Waals surface area contributed by atoms with E-state index in [-0.39, 0.29) is 11.9 Å². The molecular formula is C29H33NO5. The largest absolute Gasteiger partial charge is 0.493 e. The number of ketones is 1. The van der Waals surface area contributed by atoms with Crippen LogP contribution < -0.4 is 14.8 Å². The van der Waals surface area contributed by atoms with E-state index in [4.69, 9.17) is 14.2 Å². The predicted octanol–water partition coefficient (Wildman–Crippen LogP) is 5.58. The van der Waals surface area contributed by atoms with Crippen LogP contribution in [0.4, 0.5) is 0 Å². The molecule has 1 aliphatic heterocycles. The number of benzene rings is 2. The number of rotatable bonds is 8. The number of hydrogen-bond acceptors (Lipinski definition) is 6. The first-order chi connectivity index (χ1) is 16.9. The Labute approximate surface area is 207 Å². The van der Waals surface area contributed by atoms with E-state index in [1.54, 1.807) is 7.11 Å². The Bertz CT molecular complexity index is 1160. The Morgan fingerprint density at radius 3 is 2.60 bits per heavy atom. The van der Waals surface area contributed by atoms with Crippen molar-refractivity contribution in [3.8, 4) is 11.5 Å². The average molecular weight is 476 g/mol. The van der Waals surface area contributed by atoms with Crippen LogP contribution in [0, 0.1) is 0 Å². The summed E-state index contributed by atoms with van der Waals surface area (Å²) in [5.41, 5.74) is 4.57. The van der Waals surface area contributed by atoms with Crippen molar-refractivity contribution >= 4 is 11.8 Å². The molecule has 0 aromatic heterocycles. The third kappa shape index (κ3) is 5.26. The molecule has 35 heavy (non-hydrogen) atoms. The number of ether oxygens (including phenoxy) is 3. The molecule has 2 aromatic rings. The number of hydrogen-bond donors (Lipinski definition) is 1. The molecule has 2 aliphatic rings. The lowest BCUT2D eigenvalue weighted by Crippen LogP contribution is -2.35. The molecule has 0 spiro atoms. The van der Waals surface area contributed by atoms with Crippen LogP contribution in [0.2, 0.25) is 0 Å². The van der Waals surface area contributed by atoms with Crippen LogP contribution in [-0.2, 0) is 20.9 Å². The summed E-state index contributed by atoms with van der Waals surface area (Å²) in [4.78, 5) is 26.5. The van der Waals surface area contributed by atoms with Gasteiger partial charge in [-0.15, -0.1) is 0 Å². The quantitative estimate of drug-likeness (QED) is 0.502. The summed E-state index contributed by atoms with van der Waals surface area (Å²) >= 11 is 0. The monoisotopic (exact) mass is 475 g/mol. The summed E-state index contributed by atoms with van der Waals surface area (Å²) in [6, 6.07) is 15.5. The summed E-state index contributed by atoms with van der Waals surface area (Å²) in [6.07, 6.45) is 2.53. The Morgan fingerprint density at radius 1 is 1.11 bits per heavy atom. The van der Waals surface area contributed by atoms with Crippen LogP contribution in [0.15, 0.2) is 71.1 Å².